The molecule has 1 heterocycles. The molecule has 16 heavy (non-hydrogen) atoms. The van der Waals surface area contributed by atoms with E-state index in [2.05, 4.69) is 18.8 Å². The van der Waals surface area contributed by atoms with Crippen LogP contribution in [0.15, 0.2) is 30.5 Å². The van der Waals surface area contributed by atoms with Crippen LogP contribution in [0.3, 0.4) is 0 Å². The number of aryl methyl sites for hydroxylation is 1. The first-order valence-corrected chi connectivity index (χ1v) is 5.74. The zero-order valence-corrected chi connectivity index (χ0v) is 9.77. The van der Waals surface area contributed by atoms with Crippen molar-refractivity contribution in [2.75, 3.05) is 0 Å². The Balaban J connectivity index is 2.42. The number of aromatic nitrogens is 1. The van der Waals surface area contributed by atoms with Crippen LogP contribution in [0.1, 0.15) is 25.8 Å². The highest BCUT2D eigenvalue weighted by atomic mass is 16.3. The van der Waals surface area contributed by atoms with Crippen LogP contribution >= 0.6 is 0 Å². The van der Waals surface area contributed by atoms with Gasteiger partial charge in [-0.05, 0) is 36.5 Å². The Morgan fingerprint density at radius 3 is 2.81 bits per heavy atom. The molecule has 2 heteroatoms. The largest absolute Gasteiger partial charge is 0.506 e. The highest BCUT2D eigenvalue weighted by Crippen LogP contribution is 2.26. The Kier molecular flexibility index (Phi) is 3.09. The molecule has 0 fully saturated rings. The first-order valence-electron chi connectivity index (χ1n) is 5.74. The molecule has 0 aliphatic heterocycles. The van der Waals surface area contributed by atoms with E-state index >= 15 is 0 Å². The highest BCUT2D eigenvalue weighted by Gasteiger charge is 2.06. The van der Waals surface area contributed by atoms with Crippen molar-refractivity contribution in [1.82, 2.24) is 4.98 Å². The molecule has 0 spiro atoms. The van der Waals surface area contributed by atoms with Gasteiger partial charge in [0.15, 0.2) is 0 Å². The average Bonchev–Trinajstić information content (AvgIpc) is 2.28. The average molecular weight is 215 g/mol. The molecular weight excluding hydrogens is 198 g/mol. The van der Waals surface area contributed by atoms with Gasteiger partial charge in [0.05, 0.1) is 0 Å². The van der Waals surface area contributed by atoms with E-state index in [9.17, 15) is 5.11 Å². The van der Waals surface area contributed by atoms with Crippen LogP contribution in [-0.2, 0) is 6.42 Å². The summed E-state index contributed by atoms with van der Waals surface area (Å²) >= 11 is 0. The first-order chi connectivity index (χ1) is 7.68. The lowest BCUT2D eigenvalue weighted by atomic mass is 9.99. The number of benzene rings is 1. The van der Waals surface area contributed by atoms with Crippen molar-refractivity contribution in [3.05, 3.63) is 36.0 Å². The predicted octanol–water partition coefficient (Wildman–Crippen LogP) is 3.53. The SMILES string of the molecule is CC(C)CCc1ccc(O)c2ncccc12. The Morgan fingerprint density at radius 2 is 2.06 bits per heavy atom. The molecule has 84 valence electrons. The standard InChI is InChI=1S/C14H17NO/c1-10(2)5-6-11-7-8-13(16)14-12(11)4-3-9-15-14/h3-4,7-10,16H,5-6H2,1-2H3. The number of rotatable bonds is 3. The monoisotopic (exact) mass is 215 g/mol. The molecule has 0 saturated carbocycles. The van der Waals surface area contributed by atoms with E-state index in [-0.39, 0.29) is 5.75 Å². The lowest BCUT2D eigenvalue weighted by Gasteiger charge is -2.08. The first kappa shape index (κ1) is 10.9. The van der Waals surface area contributed by atoms with E-state index < -0.39 is 0 Å². The fourth-order valence-corrected chi connectivity index (χ4v) is 1.88. The second-order valence-electron chi connectivity index (χ2n) is 4.58. The maximum atomic E-state index is 9.71. The van der Waals surface area contributed by atoms with Crippen molar-refractivity contribution in [3.63, 3.8) is 0 Å². The quantitative estimate of drug-likeness (QED) is 0.849. The van der Waals surface area contributed by atoms with Crippen molar-refractivity contribution in [2.24, 2.45) is 5.92 Å². The summed E-state index contributed by atoms with van der Waals surface area (Å²) in [6, 6.07) is 7.69. The van der Waals surface area contributed by atoms with E-state index in [1.54, 1.807) is 12.3 Å². The third kappa shape index (κ3) is 2.16. The maximum absolute atomic E-state index is 9.71. The van der Waals surface area contributed by atoms with Crippen LogP contribution < -0.4 is 0 Å². The Labute approximate surface area is 96.0 Å². The number of pyridine rings is 1. The molecule has 0 aliphatic carbocycles. The van der Waals surface area contributed by atoms with Crippen LogP contribution in [0.5, 0.6) is 5.75 Å². The van der Waals surface area contributed by atoms with Gasteiger partial charge >= 0.3 is 0 Å². The lowest BCUT2D eigenvalue weighted by Crippen LogP contribution is -1.94. The minimum absolute atomic E-state index is 0.267. The molecule has 0 aliphatic rings. The summed E-state index contributed by atoms with van der Waals surface area (Å²) in [6.45, 7) is 4.45. The summed E-state index contributed by atoms with van der Waals surface area (Å²) in [5.74, 6) is 0.962. The molecule has 0 amide bonds. The number of phenolic OH excluding ortho intramolecular Hbond substituents is 1. The van der Waals surface area contributed by atoms with Crippen molar-refractivity contribution >= 4 is 10.9 Å². The Bertz CT molecular complexity index is 491. The fourth-order valence-electron chi connectivity index (χ4n) is 1.88. The van der Waals surface area contributed by atoms with Crippen LogP contribution in [-0.4, -0.2) is 10.1 Å². The molecule has 0 bridgehead atoms. The lowest BCUT2D eigenvalue weighted by molar-refractivity contribution is 0.480. The molecular formula is C14H17NO. The van der Waals surface area contributed by atoms with Gasteiger partial charge in [0.2, 0.25) is 0 Å². The van der Waals surface area contributed by atoms with E-state index in [1.165, 1.54) is 5.56 Å². The van der Waals surface area contributed by atoms with Gasteiger partial charge in [-0.3, -0.25) is 4.98 Å². The van der Waals surface area contributed by atoms with Gasteiger partial charge in [-0.25, -0.2) is 0 Å². The molecule has 0 unspecified atom stereocenters. The van der Waals surface area contributed by atoms with Crippen LogP contribution in [0, 0.1) is 5.92 Å². The van der Waals surface area contributed by atoms with Gasteiger partial charge in [-0.1, -0.05) is 26.0 Å². The van der Waals surface area contributed by atoms with E-state index in [0.717, 1.165) is 18.2 Å². The van der Waals surface area contributed by atoms with Crippen molar-refractivity contribution in [3.8, 4) is 5.75 Å². The smallest absolute Gasteiger partial charge is 0.141 e. The summed E-state index contributed by atoms with van der Waals surface area (Å²) in [4.78, 5) is 4.22. The van der Waals surface area contributed by atoms with Crippen molar-refractivity contribution < 1.29 is 5.11 Å². The molecule has 2 rings (SSSR count). The molecule has 0 atom stereocenters. The van der Waals surface area contributed by atoms with Crippen LogP contribution in [0.25, 0.3) is 10.9 Å². The van der Waals surface area contributed by atoms with Gasteiger partial charge in [0, 0.05) is 11.6 Å². The maximum Gasteiger partial charge on any atom is 0.141 e. The predicted molar refractivity (Wildman–Crippen MR) is 66.6 cm³/mol. The fraction of sp³-hybridized carbons (Fsp3) is 0.357. The van der Waals surface area contributed by atoms with Crippen LogP contribution in [0.2, 0.25) is 0 Å². The second-order valence-corrected chi connectivity index (χ2v) is 4.58. The molecule has 1 N–H and O–H groups in total. The summed E-state index contributed by atoms with van der Waals surface area (Å²) in [5.41, 5.74) is 1.98. The number of aromatic hydroxyl groups is 1. The van der Waals surface area contributed by atoms with E-state index in [1.807, 2.05) is 18.2 Å². The zero-order chi connectivity index (χ0) is 11.5. The van der Waals surface area contributed by atoms with Gasteiger partial charge in [0.1, 0.15) is 11.3 Å². The van der Waals surface area contributed by atoms with Gasteiger partial charge in [-0.2, -0.15) is 0 Å². The Hall–Kier alpha value is -1.57. The number of phenols is 1. The zero-order valence-electron chi connectivity index (χ0n) is 9.77. The van der Waals surface area contributed by atoms with Gasteiger partial charge < -0.3 is 5.11 Å². The van der Waals surface area contributed by atoms with Gasteiger partial charge in [0.25, 0.3) is 0 Å². The van der Waals surface area contributed by atoms with Crippen molar-refractivity contribution in [1.29, 1.82) is 0 Å². The molecule has 2 aromatic rings. The highest BCUT2D eigenvalue weighted by molar-refractivity contribution is 5.87. The van der Waals surface area contributed by atoms with Crippen LogP contribution in [0.4, 0.5) is 0 Å². The molecule has 0 saturated heterocycles. The minimum atomic E-state index is 0.267. The molecule has 0 radical (unpaired) electrons. The number of nitrogens with zero attached hydrogens (tertiary/aromatic N) is 1. The Morgan fingerprint density at radius 1 is 1.25 bits per heavy atom. The van der Waals surface area contributed by atoms with E-state index in [4.69, 9.17) is 0 Å². The van der Waals surface area contributed by atoms with Crippen molar-refractivity contribution in [2.45, 2.75) is 26.7 Å². The normalized spacial score (nSPS) is 11.2. The summed E-state index contributed by atoms with van der Waals surface area (Å²) in [7, 11) is 0. The third-order valence-electron chi connectivity index (χ3n) is 2.83. The second kappa shape index (κ2) is 4.52. The number of hydrogen-bond acceptors (Lipinski definition) is 2. The number of hydrogen-bond donors (Lipinski definition) is 1. The topological polar surface area (TPSA) is 33.1 Å². The molecule has 1 aromatic heterocycles. The minimum Gasteiger partial charge on any atom is -0.506 e. The van der Waals surface area contributed by atoms with Gasteiger partial charge in [-0.15, -0.1) is 0 Å². The summed E-state index contributed by atoms with van der Waals surface area (Å²) < 4.78 is 0. The molecule has 1 aromatic carbocycles. The third-order valence-corrected chi connectivity index (χ3v) is 2.83. The van der Waals surface area contributed by atoms with E-state index in [0.29, 0.717) is 11.4 Å². The summed E-state index contributed by atoms with van der Waals surface area (Å²) in [6.07, 6.45) is 3.92. The summed E-state index contributed by atoms with van der Waals surface area (Å²) in [5, 5.41) is 10.8. The number of fused-ring (bicyclic) bond motifs is 1. The molecule has 2 nitrogen and oxygen atoms in total.